The van der Waals surface area contributed by atoms with E-state index in [9.17, 15) is 4.79 Å². The van der Waals surface area contributed by atoms with Crippen molar-refractivity contribution in [3.63, 3.8) is 0 Å². The van der Waals surface area contributed by atoms with E-state index in [4.69, 9.17) is 4.74 Å². The first-order chi connectivity index (χ1) is 12.7. The molecule has 7 nitrogen and oxygen atoms in total. The zero-order valence-electron chi connectivity index (χ0n) is 18.5. The molecule has 0 atom stereocenters. The number of likely N-dealkylation sites (N-methyl/N-ethyl adjacent to an activating group) is 1. The van der Waals surface area contributed by atoms with Gasteiger partial charge in [-0.3, -0.25) is 4.99 Å². The van der Waals surface area contributed by atoms with Gasteiger partial charge in [-0.2, -0.15) is 0 Å². The number of rotatable bonds is 7. The van der Waals surface area contributed by atoms with Gasteiger partial charge in [0.25, 0.3) is 0 Å². The van der Waals surface area contributed by atoms with Crippen LogP contribution in [0, 0.1) is 0 Å². The first-order valence-corrected chi connectivity index (χ1v) is 10.4. The van der Waals surface area contributed by atoms with Crippen LogP contribution in [0.3, 0.4) is 0 Å². The number of hydrogen-bond donors (Lipinski definition) is 2. The molecule has 1 fully saturated rings. The number of carbonyl (C=O) groups excluding carboxylic acids is 1. The summed E-state index contributed by atoms with van der Waals surface area (Å²) in [6.07, 6.45) is 1.97. The Labute approximate surface area is 165 Å². The summed E-state index contributed by atoms with van der Waals surface area (Å²) < 4.78 is 5.45. The molecule has 1 heterocycles. The Morgan fingerprint density at radius 2 is 1.89 bits per heavy atom. The lowest BCUT2D eigenvalue weighted by atomic mass is 10.0. The van der Waals surface area contributed by atoms with Crippen LogP contribution >= 0.6 is 0 Å². The minimum Gasteiger partial charge on any atom is -0.444 e. The van der Waals surface area contributed by atoms with E-state index in [1.807, 2.05) is 27.7 Å². The Morgan fingerprint density at radius 1 is 1.26 bits per heavy atom. The Morgan fingerprint density at radius 3 is 2.37 bits per heavy atom. The number of guanidine groups is 1. The number of amides is 1. The maximum Gasteiger partial charge on any atom is 0.410 e. The second-order valence-electron chi connectivity index (χ2n) is 8.37. The third-order valence-electron chi connectivity index (χ3n) is 4.62. The van der Waals surface area contributed by atoms with E-state index >= 15 is 0 Å². The molecule has 1 rings (SSSR count). The normalized spacial score (nSPS) is 17.1. The monoisotopic (exact) mass is 383 g/mol. The molecule has 0 aromatic rings. The number of carbonyl (C=O) groups is 1. The summed E-state index contributed by atoms with van der Waals surface area (Å²) in [5.74, 6) is 0.834. The van der Waals surface area contributed by atoms with Crippen LogP contribution in [0.4, 0.5) is 4.79 Å². The van der Waals surface area contributed by atoms with Crippen molar-refractivity contribution in [3.05, 3.63) is 0 Å². The average molecular weight is 384 g/mol. The van der Waals surface area contributed by atoms with Gasteiger partial charge in [0, 0.05) is 44.8 Å². The molecule has 1 saturated heterocycles. The predicted octanol–water partition coefficient (Wildman–Crippen LogP) is 2.67. The van der Waals surface area contributed by atoms with Gasteiger partial charge in [-0.25, -0.2) is 4.79 Å². The maximum atomic E-state index is 12.2. The smallest absolute Gasteiger partial charge is 0.410 e. The van der Waals surface area contributed by atoms with Gasteiger partial charge in [0.05, 0.1) is 6.54 Å². The molecule has 0 aromatic carbocycles. The minimum atomic E-state index is -0.477. The summed E-state index contributed by atoms with van der Waals surface area (Å²) in [4.78, 5) is 21.1. The summed E-state index contributed by atoms with van der Waals surface area (Å²) in [7, 11) is 0. The van der Waals surface area contributed by atoms with E-state index in [0.717, 1.165) is 38.4 Å². The molecular formula is C20H41N5O2. The summed E-state index contributed by atoms with van der Waals surface area (Å²) in [5.41, 5.74) is -0.477. The first-order valence-electron chi connectivity index (χ1n) is 10.4. The largest absolute Gasteiger partial charge is 0.444 e. The van der Waals surface area contributed by atoms with Gasteiger partial charge in [0.15, 0.2) is 5.96 Å². The zero-order chi connectivity index (χ0) is 20.4. The fraction of sp³-hybridized carbons (Fsp3) is 0.900. The third kappa shape index (κ3) is 9.31. The van der Waals surface area contributed by atoms with Crippen LogP contribution < -0.4 is 10.6 Å². The van der Waals surface area contributed by atoms with Gasteiger partial charge in [-0.15, -0.1) is 0 Å². The second kappa shape index (κ2) is 11.4. The third-order valence-corrected chi connectivity index (χ3v) is 4.62. The molecule has 1 amide bonds. The van der Waals surface area contributed by atoms with Crippen molar-refractivity contribution < 1.29 is 9.53 Å². The van der Waals surface area contributed by atoms with E-state index in [1.165, 1.54) is 0 Å². The molecule has 1 aliphatic rings. The van der Waals surface area contributed by atoms with Crippen LogP contribution in [0.5, 0.6) is 0 Å². The number of aliphatic imine (C=N–C) groups is 1. The fourth-order valence-corrected chi connectivity index (χ4v) is 3.06. The van der Waals surface area contributed by atoms with Crippen molar-refractivity contribution in [3.8, 4) is 0 Å². The zero-order valence-corrected chi connectivity index (χ0v) is 18.5. The van der Waals surface area contributed by atoms with Crippen LogP contribution in [0.2, 0.25) is 0 Å². The Kier molecular flexibility index (Phi) is 9.91. The van der Waals surface area contributed by atoms with Crippen LogP contribution in [-0.2, 0) is 4.74 Å². The number of piperidine rings is 1. The Bertz CT molecular complexity index is 465. The van der Waals surface area contributed by atoms with Crippen LogP contribution in [0.25, 0.3) is 0 Å². The molecule has 0 spiro atoms. The molecule has 0 bridgehead atoms. The summed E-state index contributed by atoms with van der Waals surface area (Å²) in [5, 5.41) is 6.87. The van der Waals surface area contributed by atoms with Gasteiger partial charge in [0.1, 0.15) is 5.60 Å². The topological polar surface area (TPSA) is 69.2 Å². The molecule has 0 unspecified atom stereocenters. The highest BCUT2D eigenvalue weighted by Gasteiger charge is 2.22. The molecule has 0 radical (unpaired) electrons. The molecule has 7 heteroatoms. The van der Waals surface area contributed by atoms with Crippen LogP contribution in [0.15, 0.2) is 4.99 Å². The van der Waals surface area contributed by atoms with E-state index in [2.05, 4.69) is 41.3 Å². The van der Waals surface area contributed by atoms with Crippen molar-refractivity contribution in [1.29, 1.82) is 0 Å². The number of hydrogen-bond acceptors (Lipinski definition) is 4. The summed E-state index contributed by atoms with van der Waals surface area (Å²) in [6, 6.07) is 1.06. The summed E-state index contributed by atoms with van der Waals surface area (Å²) in [6.45, 7) is 19.0. The lowest BCUT2D eigenvalue weighted by Gasteiger charge is -2.35. The fourth-order valence-electron chi connectivity index (χ4n) is 3.06. The Balaban J connectivity index is 2.52. The van der Waals surface area contributed by atoms with Gasteiger partial charge in [-0.1, -0.05) is 0 Å². The molecular weight excluding hydrogens is 342 g/mol. The van der Waals surface area contributed by atoms with Gasteiger partial charge < -0.3 is 25.2 Å². The van der Waals surface area contributed by atoms with Gasteiger partial charge >= 0.3 is 6.09 Å². The summed E-state index contributed by atoms with van der Waals surface area (Å²) >= 11 is 0. The van der Waals surface area contributed by atoms with Crippen molar-refractivity contribution in [2.24, 2.45) is 4.99 Å². The second-order valence-corrected chi connectivity index (χ2v) is 8.37. The molecule has 0 aliphatic carbocycles. The number of ether oxygens (including phenoxy) is 1. The minimum absolute atomic E-state index is 0.279. The van der Waals surface area contributed by atoms with E-state index in [1.54, 1.807) is 4.90 Å². The maximum absolute atomic E-state index is 12.2. The molecule has 2 N–H and O–H groups in total. The average Bonchev–Trinajstić information content (AvgIpc) is 2.57. The highest BCUT2D eigenvalue weighted by atomic mass is 16.6. The van der Waals surface area contributed by atoms with Crippen molar-refractivity contribution in [2.75, 3.05) is 39.3 Å². The molecule has 158 valence electrons. The van der Waals surface area contributed by atoms with Crippen LogP contribution in [-0.4, -0.2) is 78.8 Å². The van der Waals surface area contributed by atoms with E-state index in [0.29, 0.717) is 31.7 Å². The predicted molar refractivity (Wildman–Crippen MR) is 112 cm³/mol. The van der Waals surface area contributed by atoms with Crippen molar-refractivity contribution >= 4 is 12.1 Å². The molecule has 1 aliphatic heterocycles. The first kappa shape index (κ1) is 23.5. The number of likely N-dealkylation sites (tertiary alicyclic amines) is 1. The van der Waals surface area contributed by atoms with Crippen LogP contribution in [0.1, 0.15) is 61.3 Å². The van der Waals surface area contributed by atoms with E-state index in [-0.39, 0.29) is 6.09 Å². The lowest BCUT2D eigenvalue weighted by Crippen LogP contribution is -2.50. The van der Waals surface area contributed by atoms with Crippen molar-refractivity contribution in [2.45, 2.75) is 79.0 Å². The SMILES string of the molecule is CCNC(=NCCN(CC)C(=O)OC(C)(C)C)NC1CCN(C(C)C)CC1. The standard InChI is InChI=1S/C20H41N5O2/c1-8-21-18(23-17-10-13-25(14-11-17)16(3)4)22-12-15-24(9-2)19(26)27-20(5,6)7/h16-17H,8-15H2,1-7H3,(H2,21,22,23). The van der Waals surface area contributed by atoms with Gasteiger partial charge in [0.2, 0.25) is 0 Å². The molecule has 27 heavy (non-hydrogen) atoms. The highest BCUT2D eigenvalue weighted by molar-refractivity contribution is 5.80. The Hall–Kier alpha value is -1.50. The number of nitrogens with zero attached hydrogens (tertiary/aromatic N) is 3. The van der Waals surface area contributed by atoms with Crippen molar-refractivity contribution in [1.82, 2.24) is 20.4 Å². The number of nitrogens with one attached hydrogen (secondary N) is 2. The van der Waals surface area contributed by atoms with Gasteiger partial charge in [-0.05, 0) is 61.3 Å². The highest BCUT2D eigenvalue weighted by Crippen LogP contribution is 2.13. The van der Waals surface area contributed by atoms with E-state index < -0.39 is 5.60 Å². The molecule has 0 saturated carbocycles. The molecule has 0 aromatic heterocycles. The lowest BCUT2D eigenvalue weighted by molar-refractivity contribution is 0.0266. The quantitative estimate of drug-likeness (QED) is 0.522.